The summed E-state index contributed by atoms with van der Waals surface area (Å²) in [5.41, 5.74) is 5.56. The highest BCUT2D eigenvalue weighted by Crippen LogP contribution is 2.24. The highest BCUT2D eigenvalue weighted by atomic mass is 16.5. The number of nitrogens with one attached hydrogen (secondary N) is 1. The first-order chi connectivity index (χ1) is 9.99. The number of benzene rings is 1. The minimum Gasteiger partial charge on any atom is -0.380 e. The molecule has 3 nitrogen and oxygen atoms in total. The standard InChI is InChI=1S/C18H32N2O/c1-7-19-17(13-20(6)9-10-21-8-2)18-15(4)11-14(3)12-16(18)5/h11-12,17,19H,7-10,13H2,1-6H3. The van der Waals surface area contributed by atoms with Gasteiger partial charge in [-0.15, -0.1) is 0 Å². The van der Waals surface area contributed by atoms with Crippen molar-refractivity contribution in [2.45, 2.75) is 40.7 Å². The third kappa shape index (κ3) is 5.77. The Morgan fingerprint density at radius 1 is 1.14 bits per heavy atom. The summed E-state index contributed by atoms with van der Waals surface area (Å²) < 4.78 is 5.45. The fourth-order valence-corrected chi connectivity index (χ4v) is 3.01. The summed E-state index contributed by atoms with van der Waals surface area (Å²) in [5.74, 6) is 0. The Balaban J connectivity index is 2.82. The Hall–Kier alpha value is -0.900. The molecule has 0 bridgehead atoms. The zero-order chi connectivity index (χ0) is 15.8. The first kappa shape index (κ1) is 18.1. The lowest BCUT2D eigenvalue weighted by Gasteiger charge is -2.28. The molecule has 0 fully saturated rings. The third-order valence-corrected chi connectivity index (χ3v) is 3.85. The van der Waals surface area contributed by atoms with Crippen molar-refractivity contribution >= 4 is 0 Å². The van der Waals surface area contributed by atoms with Crippen LogP contribution in [0.5, 0.6) is 0 Å². The molecule has 0 radical (unpaired) electrons. The second kappa shape index (κ2) is 9.19. The predicted octanol–water partition coefficient (Wildman–Crippen LogP) is 3.23. The van der Waals surface area contributed by atoms with Crippen LogP contribution in [0.2, 0.25) is 0 Å². The van der Waals surface area contributed by atoms with E-state index in [1.807, 2.05) is 6.92 Å². The number of hydrogen-bond acceptors (Lipinski definition) is 3. The zero-order valence-corrected chi connectivity index (χ0v) is 14.6. The molecule has 1 rings (SSSR count). The van der Waals surface area contributed by atoms with Crippen LogP contribution in [0.15, 0.2) is 12.1 Å². The van der Waals surface area contributed by atoms with Crippen LogP contribution in [0.3, 0.4) is 0 Å². The van der Waals surface area contributed by atoms with Crippen molar-refractivity contribution in [2.24, 2.45) is 0 Å². The van der Waals surface area contributed by atoms with Crippen LogP contribution >= 0.6 is 0 Å². The maximum Gasteiger partial charge on any atom is 0.0593 e. The Morgan fingerprint density at radius 3 is 2.29 bits per heavy atom. The Kier molecular flexibility index (Phi) is 7.94. The van der Waals surface area contributed by atoms with Gasteiger partial charge in [0.15, 0.2) is 0 Å². The average molecular weight is 292 g/mol. The topological polar surface area (TPSA) is 24.5 Å². The predicted molar refractivity (Wildman–Crippen MR) is 91.1 cm³/mol. The van der Waals surface area contributed by atoms with Crippen molar-refractivity contribution in [1.82, 2.24) is 10.2 Å². The van der Waals surface area contributed by atoms with Crippen LogP contribution in [0, 0.1) is 20.8 Å². The van der Waals surface area contributed by atoms with Crippen molar-refractivity contribution in [3.63, 3.8) is 0 Å². The molecular weight excluding hydrogens is 260 g/mol. The van der Waals surface area contributed by atoms with Gasteiger partial charge in [0, 0.05) is 25.7 Å². The van der Waals surface area contributed by atoms with Crippen LogP contribution in [-0.4, -0.2) is 44.8 Å². The molecule has 0 amide bonds. The smallest absolute Gasteiger partial charge is 0.0593 e. The van der Waals surface area contributed by atoms with E-state index in [9.17, 15) is 0 Å². The maximum atomic E-state index is 5.45. The maximum absolute atomic E-state index is 5.45. The largest absolute Gasteiger partial charge is 0.380 e. The molecule has 3 heteroatoms. The minimum absolute atomic E-state index is 0.377. The van der Waals surface area contributed by atoms with Crippen LogP contribution in [0.4, 0.5) is 0 Å². The number of aryl methyl sites for hydroxylation is 3. The summed E-state index contributed by atoms with van der Waals surface area (Å²) in [6, 6.07) is 4.95. The van der Waals surface area contributed by atoms with E-state index >= 15 is 0 Å². The number of likely N-dealkylation sites (N-methyl/N-ethyl adjacent to an activating group) is 2. The summed E-state index contributed by atoms with van der Waals surface area (Å²) >= 11 is 0. The fraction of sp³-hybridized carbons (Fsp3) is 0.667. The van der Waals surface area contributed by atoms with Crippen LogP contribution in [0.25, 0.3) is 0 Å². The van der Waals surface area contributed by atoms with Crippen LogP contribution in [-0.2, 0) is 4.74 Å². The van der Waals surface area contributed by atoms with E-state index < -0.39 is 0 Å². The summed E-state index contributed by atoms with van der Waals surface area (Å²) in [4.78, 5) is 2.35. The van der Waals surface area contributed by atoms with E-state index in [1.165, 1.54) is 22.3 Å². The lowest BCUT2D eigenvalue weighted by Crippen LogP contribution is -2.35. The van der Waals surface area contributed by atoms with Crippen molar-refractivity contribution in [3.8, 4) is 0 Å². The van der Waals surface area contributed by atoms with E-state index in [4.69, 9.17) is 4.74 Å². The van der Waals surface area contributed by atoms with Gasteiger partial charge >= 0.3 is 0 Å². The molecule has 0 saturated heterocycles. The van der Waals surface area contributed by atoms with Gasteiger partial charge in [0.05, 0.1) is 6.61 Å². The van der Waals surface area contributed by atoms with Gasteiger partial charge in [-0.3, -0.25) is 0 Å². The van der Waals surface area contributed by atoms with Crippen LogP contribution < -0.4 is 5.32 Å². The Morgan fingerprint density at radius 2 is 1.76 bits per heavy atom. The lowest BCUT2D eigenvalue weighted by molar-refractivity contribution is 0.119. The quantitative estimate of drug-likeness (QED) is 0.707. The first-order valence-corrected chi connectivity index (χ1v) is 8.07. The van der Waals surface area contributed by atoms with Crippen molar-refractivity contribution in [3.05, 3.63) is 34.4 Å². The molecule has 1 aromatic carbocycles. The van der Waals surface area contributed by atoms with Gasteiger partial charge < -0.3 is 15.0 Å². The first-order valence-electron chi connectivity index (χ1n) is 8.07. The second-order valence-corrected chi connectivity index (χ2v) is 5.88. The van der Waals surface area contributed by atoms with Crippen molar-refractivity contribution in [2.75, 3.05) is 39.9 Å². The molecule has 1 unspecified atom stereocenters. The summed E-state index contributed by atoms with van der Waals surface area (Å²) in [7, 11) is 2.17. The van der Waals surface area contributed by atoms with Gasteiger partial charge in [-0.1, -0.05) is 24.6 Å². The molecule has 0 aliphatic rings. The molecule has 1 aromatic rings. The third-order valence-electron chi connectivity index (χ3n) is 3.85. The number of hydrogen-bond donors (Lipinski definition) is 1. The Bertz CT molecular complexity index is 408. The summed E-state index contributed by atoms with van der Waals surface area (Å²) in [5, 5.41) is 3.64. The van der Waals surface area contributed by atoms with Crippen LogP contribution in [0.1, 0.15) is 42.1 Å². The number of nitrogens with zero attached hydrogens (tertiary/aromatic N) is 1. The summed E-state index contributed by atoms with van der Waals surface area (Å²) in [6.07, 6.45) is 0. The molecule has 1 atom stereocenters. The molecule has 120 valence electrons. The second-order valence-electron chi connectivity index (χ2n) is 5.88. The molecule has 0 saturated carbocycles. The highest BCUT2D eigenvalue weighted by Gasteiger charge is 2.17. The monoisotopic (exact) mass is 292 g/mol. The van der Waals surface area contributed by atoms with Gasteiger partial charge in [-0.05, 0) is 58.0 Å². The zero-order valence-electron chi connectivity index (χ0n) is 14.6. The van der Waals surface area contributed by atoms with Gasteiger partial charge in [0.2, 0.25) is 0 Å². The average Bonchev–Trinajstić information content (AvgIpc) is 2.38. The normalized spacial score (nSPS) is 12.9. The van der Waals surface area contributed by atoms with Gasteiger partial charge in [-0.25, -0.2) is 0 Å². The molecule has 0 aliphatic heterocycles. The lowest BCUT2D eigenvalue weighted by atomic mass is 9.93. The fourth-order valence-electron chi connectivity index (χ4n) is 3.01. The molecule has 1 N–H and O–H groups in total. The highest BCUT2D eigenvalue weighted by molar-refractivity contribution is 5.39. The van der Waals surface area contributed by atoms with Crippen molar-refractivity contribution < 1.29 is 4.74 Å². The molecule has 0 spiro atoms. The van der Waals surface area contributed by atoms with Gasteiger partial charge in [-0.2, -0.15) is 0 Å². The molecule has 0 aliphatic carbocycles. The Labute approximate surface area is 130 Å². The number of rotatable bonds is 9. The molecule has 21 heavy (non-hydrogen) atoms. The molecular formula is C18H32N2O. The number of ether oxygens (including phenoxy) is 1. The SMILES string of the molecule is CCNC(CN(C)CCOCC)c1c(C)cc(C)cc1C. The van der Waals surface area contributed by atoms with Gasteiger partial charge in [0.25, 0.3) is 0 Å². The molecule has 0 aromatic heterocycles. The van der Waals surface area contributed by atoms with E-state index in [0.29, 0.717) is 6.04 Å². The van der Waals surface area contributed by atoms with Crippen molar-refractivity contribution in [1.29, 1.82) is 0 Å². The minimum atomic E-state index is 0.377. The van der Waals surface area contributed by atoms with Gasteiger partial charge in [0.1, 0.15) is 0 Å². The molecule has 0 heterocycles. The van der Waals surface area contributed by atoms with E-state index in [-0.39, 0.29) is 0 Å². The van der Waals surface area contributed by atoms with E-state index in [0.717, 1.165) is 32.8 Å². The van der Waals surface area contributed by atoms with E-state index in [1.54, 1.807) is 0 Å². The van der Waals surface area contributed by atoms with E-state index in [2.05, 4.69) is 57.1 Å². The summed E-state index contributed by atoms with van der Waals surface area (Å²) in [6.45, 7) is 15.4.